The lowest BCUT2D eigenvalue weighted by molar-refractivity contribution is -0.141. The quantitative estimate of drug-likeness (QED) is 0.323. The van der Waals surface area contributed by atoms with Crippen molar-refractivity contribution in [3.05, 3.63) is 65.7 Å². The monoisotopic (exact) mass is 499 g/mol. The molecular weight excluding hydrogens is 462 g/mol. The molecule has 4 saturated carbocycles. The highest BCUT2D eigenvalue weighted by Crippen LogP contribution is 2.60. The molecule has 4 aliphatic rings. The number of benzene rings is 2. The molecule has 2 aromatic carbocycles. The summed E-state index contributed by atoms with van der Waals surface area (Å²) in [6.07, 6.45) is 7.47. The molecule has 4 bridgehead atoms. The van der Waals surface area contributed by atoms with Gasteiger partial charge in [0.15, 0.2) is 11.0 Å². The zero-order valence-electron chi connectivity index (χ0n) is 21.7. The van der Waals surface area contributed by atoms with Gasteiger partial charge in [0, 0.05) is 11.0 Å². The third kappa shape index (κ3) is 4.55. The molecule has 0 spiro atoms. The number of nitrogens with zero attached hydrogens (tertiary/aromatic N) is 3. The third-order valence-corrected chi connectivity index (χ3v) is 9.84. The lowest BCUT2D eigenvalue weighted by Crippen LogP contribution is -2.50. The van der Waals surface area contributed by atoms with E-state index in [0.29, 0.717) is 18.1 Å². The molecule has 4 fully saturated rings. The smallest absolute Gasteiger partial charge is 0.192 e. The number of rotatable bonds is 7. The Bertz CT molecular complexity index is 1200. The van der Waals surface area contributed by atoms with Gasteiger partial charge in [-0.15, -0.1) is 10.2 Å². The van der Waals surface area contributed by atoms with E-state index in [4.69, 9.17) is 0 Å². The van der Waals surface area contributed by atoms with E-state index in [1.807, 2.05) is 6.07 Å². The van der Waals surface area contributed by atoms with Crippen LogP contribution in [0.3, 0.4) is 0 Å². The maximum Gasteiger partial charge on any atom is 0.192 e. The number of hydrogen-bond acceptors (Lipinski definition) is 4. The van der Waals surface area contributed by atoms with Gasteiger partial charge in [-0.25, -0.2) is 0 Å². The second-order valence-corrected chi connectivity index (χ2v) is 13.6. The average molecular weight is 500 g/mol. The van der Waals surface area contributed by atoms with Crippen LogP contribution in [0.1, 0.15) is 70.4 Å². The Labute approximate surface area is 219 Å². The van der Waals surface area contributed by atoms with Crippen LogP contribution < -0.4 is 0 Å². The van der Waals surface area contributed by atoms with Crippen LogP contribution in [0, 0.1) is 23.2 Å². The van der Waals surface area contributed by atoms with Gasteiger partial charge in [0.2, 0.25) is 0 Å². The van der Waals surface area contributed by atoms with E-state index in [0.717, 1.165) is 53.6 Å². The van der Waals surface area contributed by atoms with Crippen molar-refractivity contribution < 1.29 is 4.79 Å². The van der Waals surface area contributed by atoms with Crippen LogP contribution in [0.4, 0.5) is 0 Å². The molecular formula is C31H37N3OS. The van der Waals surface area contributed by atoms with E-state index in [1.165, 1.54) is 30.4 Å². The van der Waals surface area contributed by atoms with Gasteiger partial charge in [0.25, 0.3) is 0 Å². The van der Waals surface area contributed by atoms with Crippen LogP contribution in [0.25, 0.3) is 11.4 Å². The lowest BCUT2D eigenvalue weighted by Gasteiger charge is -2.56. The Balaban J connectivity index is 1.26. The lowest BCUT2D eigenvalue weighted by atomic mass is 9.48. The second kappa shape index (κ2) is 9.16. The van der Waals surface area contributed by atoms with Crippen molar-refractivity contribution in [3.8, 4) is 11.4 Å². The molecule has 1 heterocycles. The first kappa shape index (κ1) is 24.0. The fraction of sp³-hybridized carbons (Fsp3) is 0.516. The molecule has 0 amide bonds. The van der Waals surface area contributed by atoms with E-state index in [9.17, 15) is 4.79 Å². The van der Waals surface area contributed by atoms with Crippen molar-refractivity contribution in [1.82, 2.24) is 14.8 Å². The minimum absolute atomic E-state index is 0.0579. The van der Waals surface area contributed by atoms with Crippen molar-refractivity contribution in [2.24, 2.45) is 23.2 Å². The van der Waals surface area contributed by atoms with Gasteiger partial charge in [-0.05, 0) is 72.8 Å². The van der Waals surface area contributed by atoms with E-state index >= 15 is 0 Å². The number of carbonyl (C=O) groups excluding carboxylic acids is 1. The van der Waals surface area contributed by atoms with Gasteiger partial charge in [0.1, 0.15) is 5.78 Å². The number of thioether (sulfide) groups is 1. The minimum atomic E-state index is -0.0579. The molecule has 5 heteroatoms. The van der Waals surface area contributed by atoms with Gasteiger partial charge in [-0.3, -0.25) is 9.36 Å². The van der Waals surface area contributed by atoms with E-state index < -0.39 is 0 Å². The molecule has 188 valence electrons. The number of aromatic nitrogens is 3. The van der Waals surface area contributed by atoms with E-state index in [2.05, 4.69) is 84.1 Å². The maximum absolute atomic E-state index is 13.7. The van der Waals surface area contributed by atoms with E-state index in [1.54, 1.807) is 11.8 Å². The van der Waals surface area contributed by atoms with Crippen molar-refractivity contribution in [1.29, 1.82) is 0 Å². The van der Waals surface area contributed by atoms with Crippen LogP contribution >= 0.6 is 11.8 Å². The molecule has 4 nitrogen and oxygen atoms in total. The summed E-state index contributed by atoms with van der Waals surface area (Å²) in [6, 6.07) is 19.2. The standard InChI is InChI=1S/C31H37N3OS/c1-30(2,3)26-11-9-25(10-12-26)28-32-33-29(34(28)19-21-7-5-4-6-8-21)36-20-27(35)31-16-22-13-23(17-31)15-24(14-22)18-31/h4-12,22-24H,13-20H2,1-3H3. The highest BCUT2D eigenvalue weighted by Gasteiger charge is 2.54. The Kier molecular flexibility index (Phi) is 6.10. The Morgan fingerprint density at radius 3 is 2.11 bits per heavy atom. The topological polar surface area (TPSA) is 47.8 Å². The normalized spacial score (nSPS) is 26.9. The Hall–Kier alpha value is -2.40. The summed E-state index contributed by atoms with van der Waals surface area (Å²) in [5.74, 6) is 4.18. The van der Waals surface area contributed by atoms with E-state index in [-0.39, 0.29) is 10.8 Å². The highest BCUT2D eigenvalue weighted by atomic mass is 32.2. The molecule has 0 saturated heterocycles. The second-order valence-electron chi connectivity index (χ2n) is 12.6. The summed E-state index contributed by atoms with van der Waals surface area (Å²) in [5, 5.41) is 10.1. The molecule has 0 atom stereocenters. The average Bonchev–Trinajstić information content (AvgIpc) is 3.24. The SMILES string of the molecule is CC(C)(C)c1ccc(-c2nnc(SCC(=O)C34CC5CC(CC(C5)C3)C4)n2Cc2ccccc2)cc1. The van der Waals surface area contributed by atoms with Crippen molar-refractivity contribution in [2.75, 3.05) is 5.75 Å². The van der Waals surface area contributed by atoms with Gasteiger partial charge in [0.05, 0.1) is 12.3 Å². The Morgan fingerprint density at radius 1 is 0.917 bits per heavy atom. The molecule has 1 aromatic heterocycles. The summed E-state index contributed by atoms with van der Waals surface area (Å²) in [4.78, 5) is 13.7. The predicted octanol–water partition coefficient (Wildman–Crippen LogP) is 7.17. The summed E-state index contributed by atoms with van der Waals surface area (Å²) in [6.45, 7) is 7.39. The molecule has 36 heavy (non-hydrogen) atoms. The van der Waals surface area contributed by atoms with Crippen LogP contribution in [-0.4, -0.2) is 26.3 Å². The van der Waals surface area contributed by atoms with Gasteiger partial charge >= 0.3 is 0 Å². The van der Waals surface area contributed by atoms with Crippen molar-refractivity contribution >= 4 is 17.5 Å². The number of Topliss-reactive ketones (excluding diaryl/α,β-unsaturated/α-hetero) is 1. The summed E-state index contributed by atoms with van der Waals surface area (Å²) in [7, 11) is 0. The van der Waals surface area contributed by atoms with Gasteiger partial charge in [-0.2, -0.15) is 0 Å². The first-order valence-electron chi connectivity index (χ1n) is 13.5. The molecule has 0 N–H and O–H groups in total. The number of ketones is 1. The molecule has 0 unspecified atom stereocenters. The summed E-state index contributed by atoms with van der Waals surface area (Å²) >= 11 is 1.59. The molecule has 7 rings (SSSR count). The first-order valence-corrected chi connectivity index (χ1v) is 14.5. The third-order valence-electron chi connectivity index (χ3n) is 8.87. The number of carbonyl (C=O) groups is 1. The zero-order chi connectivity index (χ0) is 24.9. The van der Waals surface area contributed by atoms with Gasteiger partial charge < -0.3 is 0 Å². The van der Waals surface area contributed by atoms with Crippen LogP contribution in [0.2, 0.25) is 0 Å². The Morgan fingerprint density at radius 2 is 1.53 bits per heavy atom. The predicted molar refractivity (Wildman–Crippen MR) is 146 cm³/mol. The molecule has 4 aliphatic carbocycles. The van der Waals surface area contributed by atoms with Crippen LogP contribution in [-0.2, 0) is 16.8 Å². The largest absolute Gasteiger partial charge is 0.298 e. The fourth-order valence-electron chi connectivity index (χ4n) is 7.37. The molecule has 3 aromatic rings. The maximum atomic E-state index is 13.7. The van der Waals surface area contributed by atoms with Crippen molar-refractivity contribution in [2.45, 2.75) is 76.4 Å². The summed E-state index contributed by atoms with van der Waals surface area (Å²) < 4.78 is 2.19. The van der Waals surface area contributed by atoms with Crippen LogP contribution in [0.5, 0.6) is 0 Å². The fourth-order valence-corrected chi connectivity index (χ4v) is 8.34. The minimum Gasteiger partial charge on any atom is -0.298 e. The van der Waals surface area contributed by atoms with Crippen molar-refractivity contribution in [3.63, 3.8) is 0 Å². The molecule has 0 aliphatic heterocycles. The zero-order valence-corrected chi connectivity index (χ0v) is 22.6. The number of hydrogen-bond donors (Lipinski definition) is 0. The van der Waals surface area contributed by atoms with Crippen LogP contribution in [0.15, 0.2) is 59.8 Å². The highest BCUT2D eigenvalue weighted by molar-refractivity contribution is 7.99. The summed E-state index contributed by atoms with van der Waals surface area (Å²) in [5.41, 5.74) is 3.62. The molecule has 0 radical (unpaired) electrons. The van der Waals surface area contributed by atoms with Gasteiger partial charge in [-0.1, -0.05) is 87.1 Å². The first-order chi connectivity index (χ1) is 17.3.